The Morgan fingerprint density at radius 3 is 2.62 bits per heavy atom. The third kappa shape index (κ3) is 3.93. The Morgan fingerprint density at radius 1 is 1.19 bits per heavy atom. The Morgan fingerprint density at radius 2 is 1.92 bits per heavy atom. The minimum absolute atomic E-state index is 0.0130. The highest BCUT2D eigenvalue weighted by molar-refractivity contribution is 6.02. The molecule has 1 aliphatic rings. The molecular weight excluding hydrogens is 328 g/mol. The number of carbonyl (C=O) groups is 2. The van der Waals surface area contributed by atoms with E-state index in [1.165, 1.54) is 6.07 Å². The number of ketones is 1. The van der Waals surface area contributed by atoms with Gasteiger partial charge in [0, 0.05) is 24.2 Å². The number of fused-ring (bicyclic) bond motifs is 1. The molecule has 2 aromatic rings. The maximum absolute atomic E-state index is 12.6. The molecule has 0 radical (unpaired) electrons. The summed E-state index contributed by atoms with van der Waals surface area (Å²) in [4.78, 5) is 40.0. The predicted molar refractivity (Wildman–Crippen MR) is 101 cm³/mol. The van der Waals surface area contributed by atoms with Crippen LogP contribution in [0.4, 0.5) is 0 Å². The normalized spacial score (nSPS) is 16.4. The van der Waals surface area contributed by atoms with Crippen LogP contribution in [0.15, 0.2) is 41.2 Å². The van der Waals surface area contributed by atoms with Gasteiger partial charge in [0.05, 0.1) is 0 Å². The van der Waals surface area contributed by atoms with E-state index in [1.807, 2.05) is 30.3 Å². The van der Waals surface area contributed by atoms with E-state index < -0.39 is 11.5 Å². The Labute approximate surface area is 152 Å². The van der Waals surface area contributed by atoms with Gasteiger partial charge in [-0.05, 0) is 36.3 Å². The van der Waals surface area contributed by atoms with Crippen LogP contribution in [0.25, 0.3) is 0 Å². The molecule has 1 aliphatic carbocycles. The van der Waals surface area contributed by atoms with Crippen LogP contribution in [-0.2, 0) is 6.42 Å². The van der Waals surface area contributed by atoms with Gasteiger partial charge in [-0.25, -0.2) is 0 Å². The van der Waals surface area contributed by atoms with Crippen LogP contribution >= 0.6 is 0 Å². The molecule has 1 atom stereocenters. The van der Waals surface area contributed by atoms with Gasteiger partial charge in [0.1, 0.15) is 5.56 Å². The van der Waals surface area contributed by atoms with Crippen LogP contribution in [0.5, 0.6) is 0 Å². The third-order valence-corrected chi connectivity index (χ3v) is 4.83. The number of benzene rings is 1. The topological polar surface area (TPSA) is 79.0 Å². The Kier molecular flexibility index (Phi) is 5.35. The summed E-state index contributed by atoms with van der Waals surface area (Å²) in [5.74, 6) is 0.0615. The fourth-order valence-electron chi connectivity index (χ4n) is 3.33. The minimum atomic E-state index is -0.438. The molecule has 1 amide bonds. The number of pyridine rings is 1. The number of rotatable bonds is 5. The quantitative estimate of drug-likeness (QED) is 0.868. The molecule has 0 spiro atoms. The molecule has 0 saturated heterocycles. The molecule has 5 heteroatoms. The van der Waals surface area contributed by atoms with Crippen molar-refractivity contribution in [3.63, 3.8) is 0 Å². The van der Waals surface area contributed by atoms with Gasteiger partial charge in [-0.1, -0.05) is 44.2 Å². The van der Waals surface area contributed by atoms with E-state index >= 15 is 0 Å². The van der Waals surface area contributed by atoms with E-state index in [0.717, 1.165) is 12.0 Å². The number of nitrogens with one attached hydrogen (secondary N) is 2. The van der Waals surface area contributed by atoms with Crippen molar-refractivity contribution in [3.8, 4) is 0 Å². The lowest BCUT2D eigenvalue weighted by Gasteiger charge is -2.24. The van der Waals surface area contributed by atoms with Crippen molar-refractivity contribution in [1.29, 1.82) is 0 Å². The number of Topliss-reactive ketones (excluding diaryl/α,β-unsaturated/α-hetero) is 1. The molecule has 136 valence electrons. The first-order chi connectivity index (χ1) is 12.5. The van der Waals surface area contributed by atoms with Gasteiger partial charge in [0.2, 0.25) is 0 Å². The largest absolute Gasteiger partial charge is 0.352 e. The molecular formula is C21H24N2O3. The standard InChI is InChI=1S/C21H24N2O3/c1-13(2)8-9-22-20(25)17-12-16-18(23-21(17)26)10-15(11-19(16)24)14-6-4-3-5-7-14/h3-7,12-13,15H,8-11H2,1-2H3,(H,22,25)(H,23,26). The number of carbonyl (C=O) groups excluding carboxylic acids is 2. The summed E-state index contributed by atoms with van der Waals surface area (Å²) >= 11 is 0. The number of H-pyrrole nitrogens is 1. The maximum Gasteiger partial charge on any atom is 0.261 e. The Hall–Kier alpha value is -2.69. The van der Waals surface area contributed by atoms with Gasteiger partial charge in [0.15, 0.2) is 5.78 Å². The Balaban J connectivity index is 1.83. The molecule has 3 rings (SSSR count). The first-order valence-electron chi connectivity index (χ1n) is 9.08. The summed E-state index contributed by atoms with van der Waals surface area (Å²) in [5.41, 5.74) is 1.75. The molecule has 0 bridgehead atoms. The van der Waals surface area contributed by atoms with Crippen LogP contribution in [-0.4, -0.2) is 23.2 Å². The van der Waals surface area contributed by atoms with Crippen LogP contribution < -0.4 is 10.9 Å². The highest BCUT2D eigenvalue weighted by Crippen LogP contribution is 2.31. The fourth-order valence-corrected chi connectivity index (χ4v) is 3.33. The lowest BCUT2D eigenvalue weighted by atomic mass is 9.81. The highest BCUT2D eigenvalue weighted by atomic mass is 16.2. The minimum Gasteiger partial charge on any atom is -0.352 e. The van der Waals surface area contributed by atoms with E-state index in [9.17, 15) is 14.4 Å². The average molecular weight is 352 g/mol. The lowest BCUT2D eigenvalue weighted by Crippen LogP contribution is -2.33. The maximum atomic E-state index is 12.6. The van der Waals surface area contributed by atoms with E-state index in [2.05, 4.69) is 24.1 Å². The van der Waals surface area contributed by atoms with Crippen LogP contribution in [0, 0.1) is 5.92 Å². The molecule has 1 heterocycles. The van der Waals surface area contributed by atoms with Crippen molar-refractivity contribution >= 4 is 11.7 Å². The second kappa shape index (κ2) is 7.68. The SMILES string of the molecule is CC(C)CCNC(=O)c1cc2c([nH]c1=O)CC(c1ccccc1)CC2=O. The van der Waals surface area contributed by atoms with E-state index in [4.69, 9.17) is 0 Å². The van der Waals surface area contributed by atoms with E-state index in [-0.39, 0.29) is 17.3 Å². The zero-order chi connectivity index (χ0) is 18.7. The first kappa shape index (κ1) is 18.1. The lowest BCUT2D eigenvalue weighted by molar-refractivity contribution is 0.0950. The van der Waals surface area contributed by atoms with Crippen LogP contribution in [0.3, 0.4) is 0 Å². The summed E-state index contributed by atoms with van der Waals surface area (Å²) in [5, 5.41) is 2.76. The van der Waals surface area contributed by atoms with E-state index in [1.54, 1.807) is 0 Å². The zero-order valence-corrected chi connectivity index (χ0v) is 15.2. The number of hydrogen-bond acceptors (Lipinski definition) is 3. The molecule has 0 saturated carbocycles. The zero-order valence-electron chi connectivity index (χ0n) is 15.2. The molecule has 1 aromatic heterocycles. The van der Waals surface area contributed by atoms with Crippen molar-refractivity contribution in [3.05, 3.63) is 69.1 Å². The summed E-state index contributed by atoms with van der Waals surface area (Å²) in [6.07, 6.45) is 1.82. The third-order valence-electron chi connectivity index (χ3n) is 4.83. The number of aromatic nitrogens is 1. The van der Waals surface area contributed by atoms with Gasteiger partial charge >= 0.3 is 0 Å². The molecule has 1 aromatic carbocycles. The van der Waals surface area contributed by atoms with Gasteiger partial charge in [-0.3, -0.25) is 14.4 Å². The van der Waals surface area contributed by atoms with Gasteiger partial charge in [-0.15, -0.1) is 0 Å². The molecule has 2 N–H and O–H groups in total. The summed E-state index contributed by atoms with van der Waals surface area (Å²) in [7, 11) is 0. The molecule has 0 fully saturated rings. The van der Waals surface area contributed by atoms with Crippen molar-refractivity contribution in [1.82, 2.24) is 10.3 Å². The summed E-state index contributed by atoms with van der Waals surface area (Å²) in [6.45, 7) is 4.65. The van der Waals surface area contributed by atoms with Crippen LogP contribution in [0.2, 0.25) is 0 Å². The second-order valence-electron chi connectivity index (χ2n) is 7.28. The average Bonchev–Trinajstić information content (AvgIpc) is 2.61. The molecule has 26 heavy (non-hydrogen) atoms. The smallest absolute Gasteiger partial charge is 0.261 e. The molecule has 5 nitrogen and oxygen atoms in total. The van der Waals surface area contributed by atoms with Gasteiger partial charge < -0.3 is 10.3 Å². The number of hydrogen-bond donors (Lipinski definition) is 2. The predicted octanol–water partition coefficient (Wildman–Crippen LogP) is 3.06. The number of amides is 1. The van der Waals surface area contributed by atoms with Crippen molar-refractivity contribution in [2.24, 2.45) is 5.92 Å². The molecule has 1 unspecified atom stereocenters. The molecule has 0 aliphatic heterocycles. The Bertz CT molecular complexity index is 869. The van der Waals surface area contributed by atoms with Gasteiger partial charge in [0.25, 0.3) is 11.5 Å². The van der Waals surface area contributed by atoms with E-state index in [0.29, 0.717) is 36.6 Å². The fraction of sp³-hybridized carbons (Fsp3) is 0.381. The summed E-state index contributed by atoms with van der Waals surface area (Å²) < 4.78 is 0. The van der Waals surface area contributed by atoms with Crippen molar-refractivity contribution < 1.29 is 9.59 Å². The number of aromatic amines is 1. The second-order valence-corrected chi connectivity index (χ2v) is 7.28. The van der Waals surface area contributed by atoms with Crippen molar-refractivity contribution in [2.75, 3.05) is 6.54 Å². The summed E-state index contributed by atoms with van der Waals surface area (Å²) in [6, 6.07) is 11.3. The van der Waals surface area contributed by atoms with Gasteiger partial charge in [-0.2, -0.15) is 0 Å². The van der Waals surface area contributed by atoms with Crippen molar-refractivity contribution in [2.45, 2.75) is 39.0 Å². The van der Waals surface area contributed by atoms with Crippen LogP contribution in [0.1, 0.15) is 64.6 Å². The first-order valence-corrected chi connectivity index (χ1v) is 9.08. The monoisotopic (exact) mass is 352 g/mol. The highest BCUT2D eigenvalue weighted by Gasteiger charge is 2.28.